The molecule has 0 saturated carbocycles. The normalized spacial score (nSPS) is 18.0. The van der Waals surface area contributed by atoms with Gasteiger partial charge in [0.05, 0.1) is 19.3 Å². The number of benzene rings is 1. The average molecular weight is 373 g/mol. The van der Waals surface area contributed by atoms with Gasteiger partial charge in [-0.2, -0.15) is 0 Å². The summed E-state index contributed by atoms with van der Waals surface area (Å²) in [6.07, 6.45) is 3.30. The lowest BCUT2D eigenvalue weighted by molar-refractivity contribution is -0.138. The number of carboxylic acid groups (broad SMARTS) is 1. The molecule has 2 heterocycles. The molecule has 1 aromatic carbocycles. The monoisotopic (exact) mass is 373 g/mol. The van der Waals surface area contributed by atoms with Crippen molar-refractivity contribution < 1.29 is 19.0 Å². The summed E-state index contributed by atoms with van der Waals surface area (Å²) >= 11 is 0. The van der Waals surface area contributed by atoms with Gasteiger partial charge in [-0.05, 0) is 36.4 Å². The van der Waals surface area contributed by atoms with Gasteiger partial charge < -0.3 is 9.84 Å². The van der Waals surface area contributed by atoms with Crippen molar-refractivity contribution in [3.8, 4) is 11.1 Å². The first-order valence-corrected chi connectivity index (χ1v) is 8.94. The summed E-state index contributed by atoms with van der Waals surface area (Å²) in [5.41, 5.74) is 2.41. The maximum Gasteiger partial charge on any atom is 0.317 e. The van der Waals surface area contributed by atoms with Gasteiger partial charge in [0.25, 0.3) is 0 Å². The molecule has 1 aliphatic rings. The molecule has 1 aliphatic heterocycles. The van der Waals surface area contributed by atoms with Crippen LogP contribution in [0, 0.1) is 5.82 Å². The summed E-state index contributed by atoms with van der Waals surface area (Å²) < 4.78 is 20.3. The van der Waals surface area contributed by atoms with Crippen molar-refractivity contribution in [3.63, 3.8) is 0 Å². The number of aromatic nitrogens is 1. The van der Waals surface area contributed by atoms with Crippen LogP contribution < -0.4 is 0 Å². The SMILES string of the molecule is CN(CC(=O)O)CC1CN(Cc2ccc(-c3ccncc3)cc2F)CCO1. The molecule has 0 bridgehead atoms. The summed E-state index contributed by atoms with van der Waals surface area (Å²) in [6.45, 7) is 2.95. The first kappa shape index (κ1) is 19.4. The van der Waals surface area contributed by atoms with Crippen LogP contribution in [0.2, 0.25) is 0 Å². The Morgan fingerprint density at radius 1 is 1.33 bits per heavy atom. The Bertz CT molecular complexity index is 772. The number of morpholine rings is 1. The molecule has 27 heavy (non-hydrogen) atoms. The predicted octanol–water partition coefficient (Wildman–Crippen LogP) is 2.10. The minimum Gasteiger partial charge on any atom is -0.480 e. The van der Waals surface area contributed by atoms with E-state index >= 15 is 0 Å². The topological polar surface area (TPSA) is 65.9 Å². The van der Waals surface area contributed by atoms with Crippen LogP contribution >= 0.6 is 0 Å². The second-order valence-corrected chi connectivity index (χ2v) is 6.86. The van der Waals surface area contributed by atoms with Gasteiger partial charge in [0, 0.05) is 44.1 Å². The molecule has 0 aliphatic carbocycles. The Balaban J connectivity index is 1.60. The summed E-state index contributed by atoms with van der Waals surface area (Å²) in [5.74, 6) is -1.09. The van der Waals surface area contributed by atoms with Crippen LogP contribution in [0.5, 0.6) is 0 Å². The molecule has 1 N–H and O–H groups in total. The zero-order valence-corrected chi connectivity index (χ0v) is 15.3. The van der Waals surface area contributed by atoms with E-state index in [1.807, 2.05) is 24.3 Å². The first-order valence-electron chi connectivity index (χ1n) is 8.94. The number of carbonyl (C=O) groups is 1. The van der Waals surface area contributed by atoms with Crippen LogP contribution in [0.1, 0.15) is 5.56 Å². The molecule has 1 unspecified atom stereocenters. The van der Waals surface area contributed by atoms with Crippen LogP contribution in [0.25, 0.3) is 11.1 Å². The van der Waals surface area contributed by atoms with Gasteiger partial charge in [0.1, 0.15) is 5.82 Å². The van der Waals surface area contributed by atoms with Gasteiger partial charge in [-0.15, -0.1) is 0 Å². The summed E-state index contributed by atoms with van der Waals surface area (Å²) in [5, 5.41) is 8.86. The number of rotatable bonds is 7. The van der Waals surface area contributed by atoms with E-state index < -0.39 is 5.97 Å². The highest BCUT2D eigenvalue weighted by molar-refractivity contribution is 5.69. The summed E-state index contributed by atoms with van der Waals surface area (Å²) in [6, 6.07) is 9.02. The van der Waals surface area contributed by atoms with Crippen molar-refractivity contribution in [3.05, 3.63) is 54.1 Å². The highest BCUT2D eigenvalue weighted by Crippen LogP contribution is 2.22. The zero-order chi connectivity index (χ0) is 19.2. The van der Waals surface area contributed by atoms with E-state index in [0.29, 0.717) is 31.8 Å². The van der Waals surface area contributed by atoms with Crippen molar-refractivity contribution in [1.29, 1.82) is 0 Å². The lowest BCUT2D eigenvalue weighted by atomic mass is 10.0. The lowest BCUT2D eigenvalue weighted by Gasteiger charge is -2.34. The van der Waals surface area contributed by atoms with Crippen molar-refractivity contribution >= 4 is 5.97 Å². The molecular weight excluding hydrogens is 349 g/mol. The quantitative estimate of drug-likeness (QED) is 0.802. The van der Waals surface area contributed by atoms with Gasteiger partial charge in [0.2, 0.25) is 0 Å². The number of halogens is 1. The minimum atomic E-state index is -0.860. The lowest BCUT2D eigenvalue weighted by Crippen LogP contribution is -2.47. The van der Waals surface area contributed by atoms with Crippen LogP contribution in [-0.4, -0.2) is 71.8 Å². The van der Waals surface area contributed by atoms with E-state index in [1.54, 1.807) is 30.4 Å². The van der Waals surface area contributed by atoms with E-state index in [-0.39, 0.29) is 18.5 Å². The van der Waals surface area contributed by atoms with E-state index in [2.05, 4.69) is 9.88 Å². The number of hydrogen-bond acceptors (Lipinski definition) is 5. The Morgan fingerprint density at radius 3 is 2.81 bits per heavy atom. The number of pyridine rings is 1. The van der Waals surface area contributed by atoms with E-state index in [0.717, 1.165) is 17.7 Å². The molecule has 2 aromatic rings. The molecule has 144 valence electrons. The predicted molar refractivity (Wildman–Crippen MR) is 99.8 cm³/mol. The number of likely N-dealkylation sites (N-methyl/N-ethyl adjacent to an activating group) is 1. The molecule has 6 nitrogen and oxygen atoms in total. The molecule has 7 heteroatoms. The molecule has 1 aromatic heterocycles. The maximum atomic E-state index is 14.6. The fourth-order valence-electron chi connectivity index (χ4n) is 3.32. The summed E-state index contributed by atoms with van der Waals surface area (Å²) in [4.78, 5) is 18.6. The smallest absolute Gasteiger partial charge is 0.317 e. The van der Waals surface area contributed by atoms with E-state index in [4.69, 9.17) is 9.84 Å². The van der Waals surface area contributed by atoms with Gasteiger partial charge in [0.15, 0.2) is 0 Å². The third kappa shape index (κ3) is 5.56. The fraction of sp³-hybridized carbons (Fsp3) is 0.400. The minimum absolute atomic E-state index is 0.0229. The van der Waals surface area contributed by atoms with E-state index in [1.165, 1.54) is 0 Å². The van der Waals surface area contributed by atoms with Crippen molar-refractivity contribution in [2.75, 3.05) is 39.8 Å². The van der Waals surface area contributed by atoms with Gasteiger partial charge in [-0.25, -0.2) is 4.39 Å². The second kappa shape index (κ2) is 9.03. The largest absolute Gasteiger partial charge is 0.480 e. The molecule has 0 spiro atoms. The van der Waals surface area contributed by atoms with Crippen LogP contribution in [0.15, 0.2) is 42.7 Å². The Morgan fingerprint density at radius 2 is 2.11 bits per heavy atom. The number of ether oxygens (including phenoxy) is 1. The standard InChI is InChI=1S/C20H24FN3O3/c1-23(14-20(25)26)12-18-13-24(8-9-27-18)11-17-3-2-16(10-19(17)21)15-4-6-22-7-5-15/h2-7,10,18H,8-9,11-14H2,1H3,(H,25,26). The van der Waals surface area contributed by atoms with Crippen LogP contribution in [-0.2, 0) is 16.1 Å². The maximum absolute atomic E-state index is 14.6. The molecule has 0 amide bonds. The molecule has 0 radical (unpaired) electrons. The van der Waals surface area contributed by atoms with Crippen LogP contribution in [0.3, 0.4) is 0 Å². The third-order valence-corrected chi connectivity index (χ3v) is 4.60. The van der Waals surface area contributed by atoms with Gasteiger partial charge in [-0.3, -0.25) is 19.6 Å². The molecule has 1 saturated heterocycles. The number of hydrogen-bond donors (Lipinski definition) is 1. The Labute approximate surface area is 158 Å². The van der Waals surface area contributed by atoms with Crippen molar-refractivity contribution in [1.82, 2.24) is 14.8 Å². The number of nitrogens with zero attached hydrogens (tertiary/aromatic N) is 3. The Kier molecular flexibility index (Phi) is 6.49. The van der Waals surface area contributed by atoms with Gasteiger partial charge >= 0.3 is 5.97 Å². The molecule has 1 atom stereocenters. The summed E-state index contributed by atoms with van der Waals surface area (Å²) in [7, 11) is 1.76. The Hall–Kier alpha value is -2.35. The molecule has 1 fully saturated rings. The second-order valence-electron chi connectivity index (χ2n) is 6.86. The zero-order valence-electron chi connectivity index (χ0n) is 15.3. The first-order chi connectivity index (χ1) is 13.0. The fourth-order valence-corrected chi connectivity index (χ4v) is 3.32. The van der Waals surface area contributed by atoms with Crippen molar-refractivity contribution in [2.45, 2.75) is 12.6 Å². The average Bonchev–Trinajstić information content (AvgIpc) is 2.64. The number of aliphatic carboxylic acids is 1. The van der Waals surface area contributed by atoms with E-state index in [9.17, 15) is 9.18 Å². The van der Waals surface area contributed by atoms with Crippen LogP contribution in [0.4, 0.5) is 4.39 Å². The van der Waals surface area contributed by atoms with Crippen molar-refractivity contribution in [2.24, 2.45) is 0 Å². The number of carboxylic acids is 1. The highest BCUT2D eigenvalue weighted by Gasteiger charge is 2.23. The molecule has 3 rings (SSSR count). The highest BCUT2D eigenvalue weighted by atomic mass is 19.1. The molecular formula is C20H24FN3O3. The van der Waals surface area contributed by atoms with Gasteiger partial charge in [-0.1, -0.05) is 12.1 Å². The third-order valence-electron chi connectivity index (χ3n) is 4.60.